The molecule has 2 rings (SSSR count). The Hall–Kier alpha value is -2.30. The maximum Gasteiger partial charge on any atom is 0.187 e. The molecule has 2 heterocycles. The maximum atomic E-state index is 12.8. The average molecular weight is 274 g/mol. The summed E-state index contributed by atoms with van der Waals surface area (Å²) in [6, 6.07) is 2.59. The molecule has 0 aliphatic heterocycles. The number of hydrogen-bond donors (Lipinski definition) is 0. The van der Waals surface area contributed by atoms with Crippen molar-refractivity contribution in [1.29, 1.82) is 0 Å². The van der Waals surface area contributed by atoms with Gasteiger partial charge in [0.25, 0.3) is 0 Å². The Kier molecular flexibility index (Phi) is 4.08. The van der Waals surface area contributed by atoms with Gasteiger partial charge in [-0.2, -0.15) is 0 Å². The van der Waals surface area contributed by atoms with Gasteiger partial charge < -0.3 is 4.74 Å². The highest BCUT2D eigenvalue weighted by Crippen LogP contribution is 2.24. The number of ketones is 1. The Morgan fingerprint density at radius 2 is 2.00 bits per heavy atom. The molecule has 104 valence electrons. The number of carbonyl (C=O) groups is 1. The Balaban J connectivity index is 2.26. The molecule has 0 aromatic carbocycles. The number of pyridine rings is 2. The van der Waals surface area contributed by atoms with E-state index in [1.165, 1.54) is 12.1 Å². The summed E-state index contributed by atoms with van der Waals surface area (Å²) in [6.07, 6.45) is 2.82. The van der Waals surface area contributed by atoms with E-state index in [2.05, 4.69) is 9.97 Å². The summed E-state index contributed by atoms with van der Waals surface area (Å²) in [5, 5.41) is 0. The summed E-state index contributed by atoms with van der Waals surface area (Å²) >= 11 is 0. The normalized spacial score (nSPS) is 10.4. The van der Waals surface area contributed by atoms with Gasteiger partial charge in [-0.25, -0.2) is 4.39 Å². The van der Waals surface area contributed by atoms with Crippen LogP contribution in [0.4, 0.5) is 4.39 Å². The first-order valence-corrected chi connectivity index (χ1v) is 6.16. The van der Waals surface area contributed by atoms with Gasteiger partial charge >= 0.3 is 0 Å². The van der Waals surface area contributed by atoms with Crippen molar-refractivity contribution in [2.45, 2.75) is 20.3 Å². The molecule has 0 aliphatic carbocycles. The number of aromatic nitrogens is 2. The molecule has 0 fully saturated rings. The third-order valence-electron chi connectivity index (χ3n) is 3.09. The highest BCUT2D eigenvalue weighted by molar-refractivity contribution is 5.95. The minimum atomic E-state index is -0.465. The Labute approximate surface area is 116 Å². The summed E-state index contributed by atoms with van der Waals surface area (Å²) in [6.45, 7) is 3.76. The van der Waals surface area contributed by atoms with Crippen LogP contribution in [0.25, 0.3) is 0 Å². The number of ether oxygens (including phenoxy) is 1. The number of hydrogen-bond acceptors (Lipinski definition) is 4. The molecule has 0 saturated carbocycles. The Bertz CT molecular complexity index is 639. The van der Waals surface area contributed by atoms with Gasteiger partial charge in [0, 0.05) is 17.3 Å². The highest BCUT2D eigenvalue weighted by atomic mass is 19.1. The number of methoxy groups -OCH3 is 1. The molecule has 0 N–H and O–H groups in total. The van der Waals surface area contributed by atoms with Gasteiger partial charge in [0.15, 0.2) is 5.78 Å². The van der Waals surface area contributed by atoms with Gasteiger partial charge in [-0.1, -0.05) is 0 Å². The monoisotopic (exact) mass is 274 g/mol. The van der Waals surface area contributed by atoms with Crippen molar-refractivity contribution in [2.75, 3.05) is 7.11 Å². The van der Waals surface area contributed by atoms with E-state index in [0.29, 0.717) is 5.69 Å². The maximum absolute atomic E-state index is 12.8. The van der Waals surface area contributed by atoms with E-state index in [9.17, 15) is 9.18 Å². The predicted octanol–water partition coefficient (Wildman–Crippen LogP) is 2.67. The number of aryl methyl sites for hydroxylation is 1. The minimum absolute atomic E-state index is 0.112. The molecule has 4 nitrogen and oxygen atoms in total. The third kappa shape index (κ3) is 2.82. The molecule has 0 saturated heterocycles. The van der Waals surface area contributed by atoms with E-state index >= 15 is 0 Å². The van der Waals surface area contributed by atoms with Gasteiger partial charge in [-0.15, -0.1) is 0 Å². The van der Waals surface area contributed by atoms with E-state index in [1.54, 1.807) is 13.3 Å². The molecule has 20 heavy (non-hydrogen) atoms. The minimum Gasteiger partial charge on any atom is -0.496 e. The molecule has 0 radical (unpaired) electrons. The molecule has 5 heteroatoms. The van der Waals surface area contributed by atoms with Crippen LogP contribution in [0.2, 0.25) is 0 Å². The van der Waals surface area contributed by atoms with Crippen molar-refractivity contribution < 1.29 is 13.9 Å². The molecule has 0 atom stereocenters. The fourth-order valence-electron chi connectivity index (χ4n) is 2.03. The standard InChI is InChI=1S/C15H15FN2O2/c1-9-7-17-13(10(2)15(9)20-3)6-14(19)12-5-4-11(16)8-18-12/h4-5,7-8H,6H2,1-3H3. The van der Waals surface area contributed by atoms with Crippen LogP contribution in [0.5, 0.6) is 5.75 Å². The summed E-state index contributed by atoms with van der Waals surface area (Å²) in [7, 11) is 1.59. The first kappa shape index (κ1) is 14.1. The lowest BCUT2D eigenvalue weighted by Crippen LogP contribution is -2.09. The SMILES string of the molecule is COc1c(C)cnc(CC(=O)c2ccc(F)cn2)c1C. The second-order valence-electron chi connectivity index (χ2n) is 4.51. The smallest absolute Gasteiger partial charge is 0.187 e. The van der Waals surface area contributed by atoms with Crippen LogP contribution in [0.15, 0.2) is 24.5 Å². The largest absolute Gasteiger partial charge is 0.496 e. The number of Topliss-reactive ketones (excluding diaryl/α,β-unsaturated/α-hetero) is 1. The summed E-state index contributed by atoms with van der Waals surface area (Å²) < 4.78 is 18.1. The van der Waals surface area contributed by atoms with Crippen molar-refractivity contribution in [3.8, 4) is 5.75 Å². The van der Waals surface area contributed by atoms with Crippen molar-refractivity contribution in [3.05, 3.63) is 52.9 Å². The van der Waals surface area contributed by atoms with E-state index in [1.807, 2.05) is 13.8 Å². The van der Waals surface area contributed by atoms with E-state index < -0.39 is 5.82 Å². The molecule has 0 spiro atoms. The van der Waals surface area contributed by atoms with Crippen LogP contribution in [-0.2, 0) is 6.42 Å². The lowest BCUT2D eigenvalue weighted by molar-refractivity contribution is 0.0987. The lowest BCUT2D eigenvalue weighted by atomic mass is 10.0. The second-order valence-corrected chi connectivity index (χ2v) is 4.51. The fraction of sp³-hybridized carbons (Fsp3) is 0.267. The van der Waals surface area contributed by atoms with Crippen molar-refractivity contribution in [2.24, 2.45) is 0 Å². The first-order chi connectivity index (χ1) is 9.52. The average Bonchev–Trinajstić information content (AvgIpc) is 2.43. The highest BCUT2D eigenvalue weighted by Gasteiger charge is 2.15. The van der Waals surface area contributed by atoms with E-state index in [-0.39, 0.29) is 17.9 Å². The van der Waals surface area contributed by atoms with Crippen LogP contribution >= 0.6 is 0 Å². The van der Waals surface area contributed by atoms with Crippen LogP contribution in [0, 0.1) is 19.7 Å². The zero-order valence-corrected chi connectivity index (χ0v) is 11.6. The molecule has 2 aromatic rings. The van der Waals surface area contributed by atoms with Crippen LogP contribution in [-0.4, -0.2) is 22.9 Å². The van der Waals surface area contributed by atoms with Gasteiger partial charge in [-0.3, -0.25) is 14.8 Å². The number of rotatable bonds is 4. The molecule has 0 amide bonds. The van der Waals surface area contributed by atoms with E-state index in [4.69, 9.17) is 4.74 Å². The van der Waals surface area contributed by atoms with Crippen molar-refractivity contribution in [3.63, 3.8) is 0 Å². The third-order valence-corrected chi connectivity index (χ3v) is 3.09. The van der Waals surface area contributed by atoms with Crippen molar-refractivity contribution in [1.82, 2.24) is 9.97 Å². The Morgan fingerprint density at radius 3 is 2.60 bits per heavy atom. The predicted molar refractivity (Wildman–Crippen MR) is 72.5 cm³/mol. The van der Waals surface area contributed by atoms with Crippen LogP contribution in [0.1, 0.15) is 27.3 Å². The van der Waals surface area contributed by atoms with Crippen LogP contribution in [0.3, 0.4) is 0 Å². The summed E-state index contributed by atoms with van der Waals surface area (Å²) in [4.78, 5) is 20.1. The zero-order chi connectivity index (χ0) is 14.7. The number of carbonyl (C=O) groups excluding carboxylic acids is 1. The molecular weight excluding hydrogens is 259 g/mol. The summed E-state index contributed by atoms with van der Waals surface area (Å²) in [5.41, 5.74) is 2.62. The fourth-order valence-corrected chi connectivity index (χ4v) is 2.03. The molecule has 0 bridgehead atoms. The number of nitrogens with zero attached hydrogens (tertiary/aromatic N) is 2. The lowest BCUT2D eigenvalue weighted by Gasteiger charge is -2.11. The van der Waals surface area contributed by atoms with Gasteiger partial charge in [0.05, 0.1) is 25.4 Å². The number of halogens is 1. The summed E-state index contributed by atoms with van der Waals surface area (Å²) in [5.74, 6) is 0.0641. The topological polar surface area (TPSA) is 52.1 Å². The second kappa shape index (κ2) is 5.77. The first-order valence-electron chi connectivity index (χ1n) is 6.16. The zero-order valence-electron chi connectivity index (χ0n) is 11.6. The van der Waals surface area contributed by atoms with Crippen molar-refractivity contribution >= 4 is 5.78 Å². The van der Waals surface area contributed by atoms with Crippen LogP contribution < -0.4 is 4.74 Å². The quantitative estimate of drug-likeness (QED) is 0.804. The van der Waals surface area contributed by atoms with Gasteiger partial charge in [0.2, 0.25) is 0 Å². The van der Waals surface area contributed by atoms with Gasteiger partial charge in [0.1, 0.15) is 17.3 Å². The molecule has 0 unspecified atom stereocenters. The van der Waals surface area contributed by atoms with Gasteiger partial charge in [-0.05, 0) is 26.0 Å². The molecule has 0 aliphatic rings. The Morgan fingerprint density at radius 1 is 1.25 bits per heavy atom. The molecule has 2 aromatic heterocycles. The van der Waals surface area contributed by atoms with E-state index in [0.717, 1.165) is 23.1 Å². The molecular formula is C15H15FN2O2.